The zero-order valence-electron chi connectivity index (χ0n) is 15.2. The Hall–Kier alpha value is -1.92. The summed E-state index contributed by atoms with van der Waals surface area (Å²) in [5, 5.41) is 2.74. The molecule has 1 amide bonds. The second-order valence-electron chi connectivity index (χ2n) is 6.11. The largest absolute Gasteiger partial charge is 0.321 e. The van der Waals surface area contributed by atoms with Crippen LogP contribution in [0.5, 0.6) is 0 Å². The first-order chi connectivity index (χ1) is 14.0. The van der Waals surface area contributed by atoms with Crippen molar-refractivity contribution in [3.05, 3.63) is 69.0 Å². The van der Waals surface area contributed by atoms with Crippen LogP contribution >= 0.6 is 38.9 Å². The first-order valence-corrected chi connectivity index (χ1v) is 13.5. The van der Waals surface area contributed by atoms with E-state index in [1.165, 1.54) is 48.5 Å². The molecule has 1 aromatic heterocycles. The standard InChI is InChI=1S/C18H14BrClN2O5S3/c1-29(24,25)13-6-7-14(20)15(10-13)21-18(23)11-2-4-12(5-3-11)22-30(26,27)17-9-8-16(19)28-17/h2-10,22H,1H3,(H,21,23). The predicted octanol–water partition coefficient (Wildman–Crippen LogP) is 4.62. The Balaban J connectivity index is 1.76. The van der Waals surface area contributed by atoms with Gasteiger partial charge in [-0.3, -0.25) is 9.52 Å². The SMILES string of the molecule is CS(=O)(=O)c1ccc(Cl)c(NC(=O)c2ccc(NS(=O)(=O)c3ccc(Br)s3)cc2)c1. The highest BCUT2D eigenvalue weighted by molar-refractivity contribution is 9.11. The molecule has 2 N–H and O–H groups in total. The summed E-state index contributed by atoms with van der Waals surface area (Å²) in [6.07, 6.45) is 1.05. The van der Waals surface area contributed by atoms with Gasteiger partial charge in [-0.1, -0.05) is 11.6 Å². The molecule has 2 aromatic carbocycles. The number of nitrogens with one attached hydrogen (secondary N) is 2. The van der Waals surface area contributed by atoms with Gasteiger partial charge in [-0.05, 0) is 70.5 Å². The van der Waals surface area contributed by atoms with Gasteiger partial charge in [0.25, 0.3) is 15.9 Å². The third-order valence-electron chi connectivity index (χ3n) is 3.83. The zero-order chi connectivity index (χ0) is 22.1. The van der Waals surface area contributed by atoms with Crippen molar-refractivity contribution in [2.45, 2.75) is 9.10 Å². The number of benzene rings is 2. The number of amides is 1. The molecule has 7 nitrogen and oxygen atoms in total. The Bertz CT molecular complexity index is 1320. The number of halogens is 2. The molecule has 12 heteroatoms. The maximum Gasteiger partial charge on any atom is 0.271 e. The zero-order valence-corrected chi connectivity index (χ0v) is 20.0. The molecular weight excluding hydrogens is 536 g/mol. The molecule has 0 bridgehead atoms. The van der Waals surface area contributed by atoms with E-state index < -0.39 is 25.8 Å². The van der Waals surface area contributed by atoms with E-state index in [9.17, 15) is 21.6 Å². The lowest BCUT2D eigenvalue weighted by atomic mass is 10.2. The van der Waals surface area contributed by atoms with Crippen molar-refractivity contribution in [3.8, 4) is 0 Å². The smallest absolute Gasteiger partial charge is 0.271 e. The molecule has 0 saturated heterocycles. The van der Waals surface area contributed by atoms with E-state index in [2.05, 4.69) is 26.0 Å². The summed E-state index contributed by atoms with van der Waals surface area (Å²) in [4.78, 5) is 12.5. The van der Waals surface area contributed by atoms with Gasteiger partial charge in [0.2, 0.25) is 0 Å². The number of sulfonamides is 1. The molecule has 0 aliphatic heterocycles. The van der Waals surface area contributed by atoms with Crippen LogP contribution in [-0.4, -0.2) is 29.0 Å². The molecule has 0 spiro atoms. The van der Waals surface area contributed by atoms with Gasteiger partial charge < -0.3 is 5.32 Å². The van der Waals surface area contributed by atoms with Gasteiger partial charge >= 0.3 is 0 Å². The molecule has 0 unspecified atom stereocenters. The highest BCUT2D eigenvalue weighted by Gasteiger charge is 2.17. The Morgan fingerprint density at radius 3 is 2.23 bits per heavy atom. The topological polar surface area (TPSA) is 109 Å². The first-order valence-electron chi connectivity index (χ1n) is 8.15. The minimum Gasteiger partial charge on any atom is -0.321 e. The number of anilines is 2. The third-order valence-corrected chi connectivity index (χ3v) is 8.76. The average molecular weight is 550 g/mol. The maximum atomic E-state index is 12.5. The van der Waals surface area contributed by atoms with Crippen molar-refractivity contribution in [2.24, 2.45) is 0 Å². The van der Waals surface area contributed by atoms with Crippen LogP contribution in [0.25, 0.3) is 0 Å². The molecule has 3 rings (SSSR count). The van der Waals surface area contributed by atoms with Crippen molar-refractivity contribution in [1.29, 1.82) is 0 Å². The fraction of sp³-hybridized carbons (Fsp3) is 0.0556. The van der Waals surface area contributed by atoms with Crippen LogP contribution in [0.4, 0.5) is 11.4 Å². The van der Waals surface area contributed by atoms with Crippen molar-refractivity contribution in [2.75, 3.05) is 16.3 Å². The Labute approximate surface area is 191 Å². The number of carbonyl (C=O) groups is 1. The summed E-state index contributed by atoms with van der Waals surface area (Å²) in [5.74, 6) is -0.529. The van der Waals surface area contributed by atoms with Crippen molar-refractivity contribution in [1.82, 2.24) is 0 Å². The molecule has 158 valence electrons. The number of hydrogen-bond acceptors (Lipinski definition) is 6. The molecule has 30 heavy (non-hydrogen) atoms. The number of carbonyl (C=O) groups excluding carboxylic acids is 1. The minimum absolute atomic E-state index is 0.0205. The summed E-state index contributed by atoms with van der Waals surface area (Å²) >= 11 is 10.3. The first kappa shape index (κ1) is 22.8. The lowest BCUT2D eigenvalue weighted by Crippen LogP contribution is -2.14. The van der Waals surface area contributed by atoms with E-state index in [0.717, 1.165) is 17.6 Å². The van der Waals surface area contributed by atoms with Gasteiger partial charge in [-0.15, -0.1) is 11.3 Å². The second-order valence-corrected chi connectivity index (χ2v) is 12.9. The maximum absolute atomic E-state index is 12.5. The second kappa shape index (κ2) is 8.67. The molecular formula is C18H14BrClN2O5S3. The summed E-state index contributed by atoms with van der Waals surface area (Å²) < 4.78 is 51.4. The Kier molecular flexibility index (Phi) is 6.58. The fourth-order valence-electron chi connectivity index (χ4n) is 2.36. The van der Waals surface area contributed by atoms with E-state index in [1.54, 1.807) is 6.07 Å². The van der Waals surface area contributed by atoms with E-state index in [0.29, 0.717) is 3.79 Å². The quantitative estimate of drug-likeness (QED) is 0.466. The molecule has 0 aliphatic carbocycles. The van der Waals surface area contributed by atoms with Crippen molar-refractivity contribution >= 4 is 76.0 Å². The van der Waals surface area contributed by atoms with Crippen LogP contribution in [-0.2, 0) is 19.9 Å². The fourth-order valence-corrected chi connectivity index (χ4v) is 6.24. The third kappa shape index (κ3) is 5.41. The normalized spacial score (nSPS) is 11.8. The van der Waals surface area contributed by atoms with Crippen LogP contribution in [0, 0.1) is 0 Å². The number of hydrogen-bond donors (Lipinski definition) is 2. The van der Waals surface area contributed by atoms with Crippen LogP contribution < -0.4 is 10.0 Å². The van der Waals surface area contributed by atoms with Crippen LogP contribution in [0.2, 0.25) is 5.02 Å². The summed E-state index contributed by atoms with van der Waals surface area (Å²) in [6.45, 7) is 0. The van der Waals surface area contributed by atoms with Crippen LogP contribution in [0.1, 0.15) is 10.4 Å². The Morgan fingerprint density at radius 1 is 1.00 bits per heavy atom. The van der Waals surface area contributed by atoms with Gasteiger partial charge in [-0.25, -0.2) is 16.8 Å². The minimum atomic E-state index is -3.73. The van der Waals surface area contributed by atoms with Gasteiger partial charge in [0, 0.05) is 17.5 Å². The molecule has 0 fully saturated rings. The van der Waals surface area contributed by atoms with Crippen molar-refractivity contribution < 1.29 is 21.6 Å². The molecule has 0 radical (unpaired) electrons. The van der Waals surface area contributed by atoms with Crippen molar-refractivity contribution in [3.63, 3.8) is 0 Å². The summed E-state index contributed by atoms with van der Waals surface area (Å²) in [7, 11) is -7.20. The molecule has 1 heterocycles. The van der Waals surface area contributed by atoms with Crippen LogP contribution in [0.15, 0.2) is 67.5 Å². The Morgan fingerprint density at radius 2 is 1.67 bits per heavy atom. The summed E-state index contributed by atoms with van der Waals surface area (Å²) in [6, 6.07) is 12.9. The monoisotopic (exact) mass is 548 g/mol. The lowest BCUT2D eigenvalue weighted by molar-refractivity contribution is 0.102. The molecule has 3 aromatic rings. The van der Waals surface area contributed by atoms with E-state index in [-0.39, 0.29) is 31.1 Å². The van der Waals surface area contributed by atoms with E-state index in [4.69, 9.17) is 11.6 Å². The van der Waals surface area contributed by atoms with Crippen LogP contribution in [0.3, 0.4) is 0 Å². The molecule has 0 atom stereocenters. The predicted molar refractivity (Wildman–Crippen MR) is 122 cm³/mol. The lowest BCUT2D eigenvalue weighted by Gasteiger charge is -2.10. The van der Waals surface area contributed by atoms with Gasteiger partial charge in [0.1, 0.15) is 4.21 Å². The molecule has 0 saturated carbocycles. The summed E-state index contributed by atoms with van der Waals surface area (Å²) in [5.41, 5.74) is 0.670. The average Bonchev–Trinajstić information content (AvgIpc) is 3.10. The van der Waals surface area contributed by atoms with Gasteiger partial charge in [-0.2, -0.15) is 0 Å². The number of rotatable bonds is 6. The number of sulfone groups is 1. The van der Waals surface area contributed by atoms with E-state index >= 15 is 0 Å². The van der Waals surface area contributed by atoms with Gasteiger partial charge in [0.15, 0.2) is 9.84 Å². The number of thiophene rings is 1. The molecule has 0 aliphatic rings. The van der Waals surface area contributed by atoms with E-state index in [1.807, 2.05) is 0 Å². The highest BCUT2D eigenvalue weighted by atomic mass is 79.9. The highest BCUT2D eigenvalue weighted by Crippen LogP contribution is 2.28. The van der Waals surface area contributed by atoms with Gasteiger partial charge in [0.05, 0.1) is 19.4 Å².